The molecule has 1 unspecified atom stereocenters. The van der Waals surface area contributed by atoms with Crippen molar-refractivity contribution < 1.29 is 4.79 Å². The Morgan fingerprint density at radius 1 is 0.906 bits per heavy atom. The molecule has 1 aliphatic heterocycles. The van der Waals surface area contributed by atoms with Gasteiger partial charge in [-0.1, -0.05) is 49.6 Å². The first-order valence-electron chi connectivity index (χ1n) is 11.8. The number of piperidine rings is 1. The lowest BCUT2D eigenvalue weighted by molar-refractivity contribution is -0.126. The molecule has 5 rings (SSSR count). The van der Waals surface area contributed by atoms with E-state index in [2.05, 4.69) is 25.4 Å². The van der Waals surface area contributed by atoms with Crippen molar-refractivity contribution in [2.45, 2.75) is 51.0 Å². The van der Waals surface area contributed by atoms with Gasteiger partial charge < -0.3 is 10.2 Å². The molecular weight excluding hydrogens is 400 g/mol. The quantitative estimate of drug-likeness (QED) is 0.662. The summed E-state index contributed by atoms with van der Waals surface area (Å²) < 4.78 is 1.95. The molecule has 0 spiro atoms. The Morgan fingerprint density at radius 2 is 1.69 bits per heavy atom. The molecule has 2 aromatic heterocycles. The highest BCUT2D eigenvalue weighted by atomic mass is 16.2. The highest BCUT2D eigenvalue weighted by Gasteiger charge is 2.28. The van der Waals surface area contributed by atoms with Crippen LogP contribution in [-0.4, -0.2) is 44.8 Å². The van der Waals surface area contributed by atoms with Crippen LogP contribution in [0.15, 0.2) is 54.9 Å². The summed E-state index contributed by atoms with van der Waals surface area (Å²) in [6, 6.07) is 14.4. The first-order valence-corrected chi connectivity index (χ1v) is 11.8. The van der Waals surface area contributed by atoms with Crippen LogP contribution in [-0.2, 0) is 4.79 Å². The molecular formula is C25H30N6O. The molecule has 2 aliphatic rings. The predicted octanol–water partition coefficient (Wildman–Crippen LogP) is 3.99. The van der Waals surface area contributed by atoms with E-state index in [1.54, 1.807) is 6.20 Å². The van der Waals surface area contributed by atoms with Gasteiger partial charge in [0.2, 0.25) is 5.91 Å². The molecule has 2 fully saturated rings. The SMILES string of the molecule is O=C(NC1CCCCC1)C1CCCN(c2ccc(-n3ccnc3-c3ccccc3)nn2)C1. The lowest BCUT2D eigenvalue weighted by Crippen LogP contribution is -2.46. The van der Waals surface area contributed by atoms with Crippen molar-refractivity contribution in [2.24, 2.45) is 5.92 Å². The minimum absolute atomic E-state index is 0.0190. The third-order valence-electron chi connectivity index (χ3n) is 6.62. The number of carbonyl (C=O) groups is 1. The summed E-state index contributed by atoms with van der Waals surface area (Å²) in [5.41, 5.74) is 1.03. The van der Waals surface area contributed by atoms with Gasteiger partial charge in [0.1, 0.15) is 5.82 Å². The number of amides is 1. The first kappa shape index (κ1) is 20.7. The molecule has 1 aromatic carbocycles. The van der Waals surface area contributed by atoms with Gasteiger partial charge in [0.25, 0.3) is 0 Å². The Labute approximate surface area is 188 Å². The molecule has 1 amide bonds. The van der Waals surface area contributed by atoms with Crippen LogP contribution in [0.4, 0.5) is 5.82 Å². The van der Waals surface area contributed by atoms with E-state index in [0.29, 0.717) is 12.6 Å². The van der Waals surface area contributed by atoms with Crippen molar-refractivity contribution in [3.05, 3.63) is 54.9 Å². The Hall–Kier alpha value is -3.22. The lowest BCUT2D eigenvalue weighted by atomic mass is 9.93. The van der Waals surface area contributed by atoms with Crippen LogP contribution in [0.1, 0.15) is 44.9 Å². The van der Waals surface area contributed by atoms with Gasteiger partial charge >= 0.3 is 0 Å². The third-order valence-corrected chi connectivity index (χ3v) is 6.62. The molecule has 0 radical (unpaired) electrons. The summed E-state index contributed by atoms with van der Waals surface area (Å²) in [5, 5.41) is 12.3. The number of rotatable bonds is 5. The maximum atomic E-state index is 12.8. The zero-order valence-electron chi connectivity index (χ0n) is 18.4. The second-order valence-corrected chi connectivity index (χ2v) is 8.87. The number of anilines is 1. The van der Waals surface area contributed by atoms with E-state index in [1.807, 2.05) is 53.2 Å². The zero-order chi connectivity index (χ0) is 21.8. The van der Waals surface area contributed by atoms with E-state index in [4.69, 9.17) is 0 Å². The smallest absolute Gasteiger partial charge is 0.225 e. The Balaban J connectivity index is 1.26. The molecule has 3 aromatic rings. The normalized spacial score (nSPS) is 19.6. The van der Waals surface area contributed by atoms with E-state index in [9.17, 15) is 4.79 Å². The number of nitrogens with one attached hydrogen (secondary N) is 1. The number of carbonyl (C=O) groups excluding carboxylic acids is 1. The second-order valence-electron chi connectivity index (χ2n) is 8.87. The first-order chi connectivity index (χ1) is 15.8. The van der Waals surface area contributed by atoms with Crippen LogP contribution in [0.25, 0.3) is 17.2 Å². The molecule has 166 valence electrons. The van der Waals surface area contributed by atoms with Crippen molar-refractivity contribution in [2.75, 3.05) is 18.0 Å². The molecule has 0 bridgehead atoms. The Morgan fingerprint density at radius 3 is 2.47 bits per heavy atom. The molecule has 1 saturated heterocycles. The zero-order valence-corrected chi connectivity index (χ0v) is 18.4. The third kappa shape index (κ3) is 4.52. The molecule has 1 saturated carbocycles. The van der Waals surface area contributed by atoms with Gasteiger partial charge in [0.05, 0.1) is 5.92 Å². The summed E-state index contributed by atoms with van der Waals surface area (Å²) in [5.74, 6) is 2.62. The molecule has 7 nitrogen and oxygen atoms in total. The second kappa shape index (κ2) is 9.51. The fourth-order valence-electron chi connectivity index (χ4n) is 4.87. The summed E-state index contributed by atoms with van der Waals surface area (Å²) >= 11 is 0. The molecule has 1 N–H and O–H groups in total. The average molecular weight is 431 g/mol. The molecule has 32 heavy (non-hydrogen) atoms. The van der Waals surface area contributed by atoms with Gasteiger partial charge in [-0.15, -0.1) is 10.2 Å². The molecule has 1 atom stereocenters. The monoisotopic (exact) mass is 430 g/mol. The molecule has 7 heteroatoms. The van der Waals surface area contributed by atoms with Gasteiger partial charge in [-0.2, -0.15) is 0 Å². The minimum Gasteiger partial charge on any atom is -0.354 e. The summed E-state index contributed by atoms with van der Waals surface area (Å²) in [4.78, 5) is 19.5. The van der Waals surface area contributed by atoms with Crippen molar-refractivity contribution in [3.63, 3.8) is 0 Å². The van der Waals surface area contributed by atoms with Crippen molar-refractivity contribution in [3.8, 4) is 17.2 Å². The predicted molar refractivity (Wildman–Crippen MR) is 125 cm³/mol. The number of benzene rings is 1. The number of imidazole rings is 1. The fourth-order valence-corrected chi connectivity index (χ4v) is 4.87. The lowest BCUT2D eigenvalue weighted by Gasteiger charge is -2.34. The van der Waals surface area contributed by atoms with E-state index in [-0.39, 0.29) is 11.8 Å². The molecule has 3 heterocycles. The highest BCUT2D eigenvalue weighted by molar-refractivity contribution is 5.79. The van der Waals surface area contributed by atoms with Gasteiger partial charge in [0.15, 0.2) is 11.6 Å². The van der Waals surface area contributed by atoms with Gasteiger partial charge in [-0.3, -0.25) is 9.36 Å². The number of aromatic nitrogens is 4. The van der Waals surface area contributed by atoms with E-state index in [1.165, 1.54) is 19.3 Å². The Kier molecular flexibility index (Phi) is 6.14. The van der Waals surface area contributed by atoms with E-state index < -0.39 is 0 Å². The van der Waals surface area contributed by atoms with Gasteiger partial charge in [-0.25, -0.2) is 4.98 Å². The van der Waals surface area contributed by atoms with Crippen LogP contribution in [0, 0.1) is 5.92 Å². The van der Waals surface area contributed by atoms with E-state index in [0.717, 1.165) is 55.3 Å². The fraction of sp³-hybridized carbons (Fsp3) is 0.440. The number of hydrogen-bond donors (Lipinski definition) is 1. The summed E-state index contributed by atoms with van der Waals surface area (Å²) in [6.45, 7) is 1.61. The van der Waals surface area contributed by atoms with E-state index >= 15 is 0 Å². The van der Waals surface area contributed by atoms with Crippen LogP contribution in [0.2, 0.25) is 0 Å². The number of hydrogen-bond acceptors (Lipinski definition) is 5. The van der Waals surface area contributed by atoms with Crippen LogP contribution in [0.3, 0.4) is 0 Å². The Bertz CT molecular complexity index is 1030. The van der Waals surface area contributed by atoms with Gasteiger partial charge in [0, 0.05) is 37.1 Å². The topological polar surface area (TPSA) is 75.9 Å². The highest BCUT2D eigenvalue weighted by Crippen LogP contribution is 2.25. The minimum atomic E-state index is 0.0190. The largest absolute Gasteiger partial charge is 0.354 e. The molecule has 1 aliphatic carbocycles. The van der Waals surface area contributed by atoms with Crippen LogP contribution < -0.4 is 10.2 Å². The van der Waals surface area contributed by atoms with Crippen LogP contribution in [0.5, 0.6) is 0 Å². The maximum Gasteiger partial charge on any atom is 0.225 e. The average Bonchev–Trinajstić information content (AvgIpc) is 3.35. The van der Waals surface area contributed by atoms with Gasteiger partial charge in [-0.05, 0) is 37.8 Å². The standard InChI is InChI=1S/C25H30N6O/c32-25(27-21-11-5-2-6-12-21)20-10-7-16-30(18-20)22-13-14-23(29-28-22)31-17-15-26-24(31)19-8-3-1-4-9-19/h1,3-4,8-9,13-15,17,20-21H,2,5-7,10-12,16,18H2,(H,27,32). The van der Waals surface area contributed by atoms with Crippen molar-refractivity contribution in [1.82, 2.24) is 25.1 Å². The van der Waals surface area contributed by atoms with Crippen LogP contribution >= 0.6 is 0 Å². The number of nitrogens with zero attached hydrogens (tertiary/aromatic N) is 5. The maximum absolute atomic E-state index is 12.8. The summed E-state index contributed by atoms with van der Waals surface area (Å²) in [7, 11) is 0. The summed E-state index contributed by atoms with van der Waals surface area (Å²) in [6.07, 6.45) is 11.6. The van der Waals surface area contributed by atoms with Crippen molar-refractivity contribution in [1.29, 1.82) is 0 Å². The van der Waals surface area contributed by atoms with Crippen molar-refractivity contribution >= 4 is 11.7 Å².